The van der Waals surface area contributed by atoms with Crippen molar-refractivity contribution < 1.29 is 23.7 Å². The van der Waals surface area contributed by atoms with Gasteiger partial charge in [-0.25, -0.2) is 0 Å². The molecule has 0 radical (unpaired) electrons. The molecule has 0 spiro atoms. The molecule has 4 rings (SSSR count). The van der Waals surface area contributed by atoms with Crippen molar-refractivity contribution >= 4 is 5.69 Å². The van der Waals surface area contributed by atoms with Gasteiger partial charge in [0.05, 0.1) is 45.2 Å². The largest absolute Gasteiger partial charge is 0.493 e. The molecule has 3 unspecified atom stereocenters. The van der Waals surface area contributed by atoms with E-state index in [-0.39, 0.29) is 0 Å². The molecule has 6 heteroatoms. The average Bonchev–Trinajstić information content (AvgIpc) is 3.45. The summed E-state index contributed by atoms with van der Waals surface area (Å²) < 4.78 is 27.2. The van der Waals surface area contributed by atoms with Gasteiger partial charge in [0.25, 0.3) is 0 Å². The minimum absolute atomic E-state index is 0.333. The number of epoxide rings is 3. The second-order valence-electron chi connectivity index (χ2n) is 6.55. The summed E-state index contributed by atoms with van der Waals surface area (Å²) in [6.45, 7) is 6.49. The topological polar surface area (TPSA) is 59.3 Å². The van der Waals surface area contributed by atoms with E-state index < -0.39 is 0 Å². The third-order valence-corrected chi connectivity index (χ3v) is 4.24. The second-order valence-corrected chi connectivity index (χ2v) is 6.55. The van der Waals surface area contributed by atoms with E-state index in [1.165, 1.54) is 5.69 Å². The van der Waals surface area contributed by atoms with Crippen molar-refractivity contribution in [3.05, 3.63) is 24.3 Å². The van der Waals surface area contributed by atoms with Crippen molar-refractivity contribution in [2.75, 3.05) is 57.6 Å². The molecule has 0 N–H and O–H groups in total. The summed E-state index contributed by atoms with van der Waals surface area (Å²) in [5, 5.41) is 0. The first-order chi connectivity index (χ1) is 11.9. The Morgan fingerprint density at radius 3 is 2.33 bits per heavy atom. The van der Waals surface area contributed by atoms with E-state index in [0.717, 1.165) is 45.1 Å². The van der Waals surface area contributed by atoms with E-state index in [1.54, 1.807) is 0 Å². The molecule has 3 heterocycles. The maximum absolute atomic E-state index is 5.86. The first kappa shape index (κ1) is 16.1. The molecule has 132 valence electrons. The van der Waals surface area contributed by atoms with Gasteiger partial charge >= 0.3 is 0 Å². The number of benzene rings is 1. The molecule has 3 aliphatic heterocycles. The maximum atomic E-state index is 5.86. The Labute approximate surface area is 142 Å². The van der Waals surface area contributed by atoms with Crippen molar-refractivity contribution in [2.45, 2.75) is 24.7 Å². The van der Waals surface area contributed by atoms with E-state index in [1.807, 2.05) is 12.1 Å². The molecule has 0 aliphatic carbocycles. The molecular formula is C18H25NO5. The number of anilines is 1. The quantitative estimate of drug-likeness (QED) is 0.426. The Hall–Kier alpha value is -1.34. The van der Waals surface area contributed by atoms with E-state index >= 15 is 0 Å². The van der Waals surface area contributed by atoms with Crippen LogP contribution < -0.4 is 9.64 Å². The summed E-state index contributed by atoms with van der Waals surface area (Å²) in [6, 6.07) is 8.27. The second kappa shape index (κ2) is 7.70. The minimum Gasteiger partial charge on any atom is -0.493 e. The molecular weight excluding hydrogens is 310 g/mol. The predicted molar refractivity (Wildman–Crippen MR) is 88.8 cm³/mol. The number of nitrogens with zero attached hydrogens (tertiary/aromatic N) is 1. The van der Waals surface area contributed by atoms with Crippen LogP contribution in [-0.4, -0.2) is 71.0 Å². The fourth-order valence-corrected chi connectivity index (χ4v) is 2.62. The molecule has 3 saturated heterocycles. The van der Waals surface area contributed by atoms with Gasteiger partial charge in [-0.05, 0) is 12.1 Å². The van der Waals surface area contributed by atoms with Crippen LogP contribution in [0.1, 0.15) is 6.42 Å². The lowest BCUT2D eigenvalue weighted by Gasteiger charge is -2.23. The first-order valence-corrected chi connectivity index (χ1v) is 8.77. The summed E-state index contributed by atoms with van der Waals surface area (Å²) in [5.74, 6) is 0.899. The summed E-state index contributed by atoms with van der Waals surface area (Å²) in [6.07, 6.45) is 1.94. The lowest BCUT2D eigenvalue weighted by Crippen LogP contribution is -2.31. The number of hydrogen-bond donors (Lipinski definition) is 0. The Morgan fingerprint density at radius 2 is 1.67 bits per heavy atom. The van der Waals surface area contributed by atoms with Crippen LogP contribution in [0.5, 0.6) is 5.75 Å². The molecule has 3 atom stereocenters. The smallest absolute Gasteiger partial charge is 0.121 e. The number of rotatable bonds is 12. The van der Waals surface area contributed by atoms with Gasteiger partial charge < -0.3 is 28.6 Å². The van der Waals surface area contributed by atoms with Gasteiger partial charge in [0.2, 0.25) is 0 Å². The third-order valence-electron chi connectivity index (χ3n) is 4.24. The lowest BCUT2D eigenvalue weighted by molar-refractivity contribution is 0.104. The van der Waals surface area contributed by atoms with Crippen LogP contribution in [0.15, 0.2) is 24.3 Å². The molecule has 3 fully saturated rings. The molecule has 0 aromatic heterocycles. The Morgan fingerprint density at radius 1 is 0.958 bits per heavy atom. The highest BCUT2D eigenvalue weighted by Gasteiger charge is 2.31. The van der Waals surface area contributed by atoms with E-state index in [2.05, 4.69) is 17.0 Å². The number of hydrogen-bond acceptors (Lipinski definition) is 6. The Balaban J connectivity index is 1.23. The minimum atomic E-state index is 0.333. The SMILES string of the molecule is c1cc(OCCCOCC2CO2)cc(N(CC2CO2)CC2CO2)c1. The molecule has 1 aromatic carbocycles. The zero-order valence-corrected chi connectivity index (χ0v) is 13.9. The first-order valence-electron chi connectivity index (χ1n) is 8.77. The van der Waals surface area contributed by atoms with Gasteiger partial charge in [-0.1, -0.05) is 6.07 Å². The summed E-state index contributed by atoms with van der Waals surface area (Å²) in [5.41, 5.74) is 1.17. The van der Waals surface area contributed by atoms with Crippen molar-refractivity contribution in [1.82, 2.24) is 0 Å². The standard InChI is InChI=1S/C18H25NO5/c1-3-14(19(8-16-11-22-16)9-17-12-23-17)7-15(4-1)21-6-2-5-20-10-18-13-24-18/h1,3-4,7,16-18H,2,5-6,8-13H2. The van der Waals surface area contributed by atoms with Crippen molar-refractivity contribution in [1.29, 1.82) is 0 Å². The van der Waals surface area contributed by atoms with Crippen LogP contribution in [0.4, 0.5) is 5.69 Å². The highest BCUT2D eigenvalue weighted by molar-refractivity contribution is 5.51. The van der Waals surface area contributed by atoms with E-state index in [4.69, 9.17) is 23.7 Å². The normalized spacial score (nSPS) is 26.9. The van der Waals surface area contributed by atoms with Crippen molar-refractivity contribution in [3.8, 4) is 5.75 Å². The van der Waals surface area contributed by atoms with Crippen molar-refractivity contribution in [3.63, 3.8) is 0 Å². The molecule has 0 saturated carbocycles. The predicted octanol–water partition coefficient (Wildman–Crippen LogP) is 1.47. The zero-order valence-electron chi connectivity index (χ0n) is 13.9. The van der Waals surface area contributed by atoms with Gasteiger partial charge in [0.1, 0.15) is 11.9 Å². The van der Waals surface area contributed by atoms with Crippen LogP contribution in [0.2, 0.25) is 0 Å². The number of ether oxygens (including phenoxy) is 5. The van der Waals surface area contributed by atoms with Crippen LogP contribution in [0, 0.1) is 0 Å². The highest BCUT2D eigenvalue weighted by atomic mass is 16.6. The Bertz CT molecular complexity index is 514. The molecule has 0 amide bonds. The van der Waals surface area contributed by atoms with Crippen LogP contribution in [0.3, 0.4) is 0 Å². The van der Waals surface area contributed by atoms with Gasteiger partial charge in [0, 0.05) is 37.9 Å². The molecule has 24 heavy (non-hydrogen) atoms. The summed E-state index contributed by atoms with van der Waals surface area (Å²) in [7, 11) is 0. The molecule has 1 aromatic rings. The molecule has 6 nitrogen and oxygen atoms in total. The van der Waals surface area contributed by atoms with Gasteiger partial charge in [-0.15, -0.1) is 0 Å². The summed E-state index contributed by atoms with van der Waals surface area (Å²) in [4.78, 5) is 2.33. The zero-order chi connectivity index (χ0) is 16.2. The highest BCUT2D eigenvalue weighted by Crippen LogP contribution is 2.26. The monoisotopic (exact) mass is 335 g/mol. The van der Waals surface area contributed by atoms with Gasteiger partial charge in [0.15, 0.2) is 0 Å². The fourth-order valence-electron chi connectivity index (χ4n) is 2.62. The third kappa shape index (κ3) is 5.34. The molecule has 0 bridgehead atoms. The van der Waals surface area contributed by atoms with Crippen LogP contribution in [0.25, 0.3) is 0 Å². The van der Waals surface area contributed by atoms with Crippen molar-refractivity contribution in [2.24, 2.45) is 0 Å². The fraction of sp³-hybridized carbons (Fsp3) is 0.667. The maximum Gasteiger partial charge on any atom is 0.121 e. The van der Waals surface area contributed by atoms with Crippen LogP contribution >= 0.6 is 0 Å². The van der Waals surface area contributed by atoms with Gasteiger partial charge in [-0.2, -0.15) is 0 Å². The van der Waals surface area contributed by atoms with Crippen LogP contribution in [-0.2, 0) is 18.9 Å². The summed E-state index contributed by atoms with van der Waals surface area (Å²) >= 11 is 0. The van der Waals surface area contributed by atoms with E-state index in [0.29, 0.717) is 38.1 Å². The van der Waals surface area contributed by atoms with Gasteiger partial charge in [-0.3, -0.25) is 0 Å². The average molecular weight is 335 g/mol. The lowest BCUT2D eigenvalue weighted by atomic mass is 10.2. The van der Waals surface area contributed by atoms with E-state index in [9.17, 15) is 0 Å². The molecule has 3 aliphatic rings. The Kier molecular flexibility index (Phi) is 5.18.